The van der Waals surface area contributed by atoms with Crippen LogP contribution in [0.25, 0.3) is 0 Å². The lowest BCUT2D eigenvalue weighted by molar-refractivity contribution is 0.0935. The number of hydrogen-bond donors (Lipinski definition) is 2. The average Bonchev–Trinajstić information content (AvgIpc) is 2.81. The van der Waals surface area contributed by atoms with Crippen molar-refractivity contribution in [3.63, 3.8) is 0 Å². The van der Waals surface area contributed by atoms with E-state index in [1.54, 1.807) is 13.2 Å². The van der Waals surface area contributed by atoms with Crippen molar-refractivity contribution < 1.29 is 9.21 Å². The highest BCUT2D eigenvalue weighted by molar-refractivity contribution is 5.97. The monoisotopic (exact) mass is 262 g/mol. The number of nitrogens with one attached hydrogen (secondary N) is 1. The number of hydrogen-bond acceptors (Lipinski definition) is 4. The SMILES string of the molecule is Cc1cc(C(C)NC(=O)c2nn(C)cc2N)c(C)o1. The number of nitrogens with two attached hydrogens (primary N) is 1. The summed E-state index contributed by atoms with van der Waals surface area (Å²) in [6.07, 6.45) is 1.60. The lowest BCUT2D eigenvalue weighted by Crippen LogP contribution is -2.27. The van der Waals surface area contributed by atoms with Crippen LogP contribution in [0.15, 0.2) is 16.7 Å². The maximum atomic E-state index is 12.1. The molecule has 1 amide bonds. The van der Waals surface area contributed by atoms with Gasteiger partial charge in [-0.25, -0.2) is 0 Å². The Bertz CT molecular complexity index is 612. The number of anilines is 1. The van der Waals surface area contributed by atoms with Crippen LogP contribution >= 0.6 is 0 Å². The molecule has 19 heavy (non-hydrogen) atoms. The topological polar surface area (TPSA) is 86.1 Å². The predicted octanol–water partition coefficient (Wildman–Crippen LogP) is 1.70. The summed E-state index contributed by atoms with van der Waals surface area (Å²) in [6.45, 7) is 5.65. The van der Waals surface area contributed by atoms with E-state index in [0.717, 1.165) is 17.1 Å². The first kappa shape index (κ1) is 13.2. The molecule has 0 radical (unpaired) electrons. The predicted molar refractivity (Wildman–Crippen MR) is 71.7 cm³/mol. The van der Waals surface area contributed by atoms with Crippen molar-refractivity contribution in [2.75, 3.05) is 5.73 Å². The van der Waals surface area contributed by atoms with Crippen LogP contribution in [0.4, 0.5) is 5.69 Å². The van der Waals surface area contributed by atoms with Gasteiger partial charge < -0.3 is 15.5 Å². The smallest absolute Gasteiger partial charge is 0.274 e. The summed E-state index contributed by atoms with van der Waals surface area (Å²) in [4.78, 5) is 12.1. The van der Waals surface area contributed by atoms with Crippen LogP contribution in [0.2, 0.25) is 0 Å². The number of furan rings is 1. The molecule has 0 aliphatic rings. The Morgan fingerprint density at radius 1 is 1.53 bits per heavy atom. The summed E-state index contributed by atoms with van der Waals surface area (Å²) in [5, 5.41) is 6.91. The highest BCUT2D eigenvalue weighted by Gasteiger charge is 2.19. The molecule has 0 aliphatic carbocycles. The molecule has 0 aliphatic heterocycles. The van der Waals surface area contributed by atoms with Gasteiger partial charge in [0.1, 0.15) is 11.5 Å². The number of carbonyl (C=O) groups excluding carboxylic acids is 1. The van der Waals surface area contributed by atoms with Crippen molar-refractivity contribution in [1.82, 2.24) is 15.1 Å². The molecule has 6 nitrogen and oxygen atoms in total. The maximum Gasteiger partial charge on any atom is 0.274 e. The molecular weight excluding hydrogens is 244 g/mol. The van der Waals surface area contributed by atoms with Crippen molar-refractivity contribution in [1.29, 1.82) is 0 Å². The molecule has 1 unspecified atom stereocenters. The van der Waals surface area contributed by atoms with E-state index < -0.39 is 0 Å². The molecule has 102 valence electrons. The molecule has 2 heterocycles. The van der Waals surface area contributed by atoms with Crippen molar-refractivity contribution >= 4 is 11.6 Å². The van der Waals surface area contributed by atoms with Crippen molar-refractivity contribution in [3.8, 4) is 0 Å². The van der Waals surface area contributed by atoms with Crippen molar-refractivity contribution in [3.05, 3.63) is 35.0 Å². The minimum atomic E-state index is -0.288. The number of aromatic nitrogens is 2. The van der Waals surface area contributed by atoms with E-state index >= 15 is 0 Å². The minimum Gasteiger partial charge on any atom is -0.466 e. The first-order valence-electron chi connectivity index (χ1n) is 6.05. The maximum absolute atomic E-state index is 12.1. The standard InChI is InChI=1S/C13H18N4O2/c1-7-5-10(9(3)19-7)8(2)15-13(18)12-11(14)6-17(4)16-12/h5-6,8H,14H2,1-4H3,(H,15,18). The summed E-state index contributed by atoms with van der Waals surface area (Å²) in [5.74, 6) is 1.34. The molecule has 0 fully saturated rings. The molecule has 2 aromatic heterocycles. The molecule has 6 heteroatoms. The lowest BCUT2D eigenvalue weighted by atomic mass is 10.1. The third-order valence-corrected chi connectivity index (χ3v) is 2.97. The first-order chi connectivity index (χ1) is 8.88. The van der Waals surface area contributed by atoms with E-state index in [9.17, 15) is 4.79 Å². The summed E-state index contributed by atoms with van der Waals surface area (Å²) in [7, 11) is 1.72. The molecule has 0 spiro atoms. The van der Waals surface area contributed by atoms with Gasteiger partial charge in [-0.05, 0) is 26.8 Å². The number of nitrogen functional groups attached to an aromatic ring is 1. The van der Waals surface area contributed by atoms with E-state index in [1.165, 1.54) is 4.68 Å². The average molecular weight is 262 g/mol. The van der Waals surface area contributed by atoms with Crippen LogP contribution in [0.3, 0.4) is 0 Å². The highest BCUT2D eigenvalue weighted by Crippen LogP contribution is 2.21. The molecule has 3 N–H and O–H groups in total. The Labute approximate surface area is 111 Å². The molecule has 0 saturated heterocycles. The number of rotatable bonds is 3. The molecule has 2 rings (SSSR count). The Hall–Kier alpha value is -2.24. The Balaban J connectivity index is 2.15. The number of aryl methyl sites for hydroxylation is 3. The zero-order valence-electron chi connectivity index (χ0n) is 11.5. The second-order valence-corrected chi connectivity index (χ2v) is 4.67. The second kappa shape index (κ2) is 4.79. The largest absolute Gasteiger partial charge is 0.466 e. The van der Waals surface area contributed by atoms with E-state index in [-0.39, 0.29) is 17.6 Å². The zero-order valence-corrected chi connectivity index (χ0v) is 11.5. The summed E-state index contributed by atoms with van der Waals surface area (Å²) in [6, 6.07) is 1.76. The number of amides is 1. The van der Waals surface area contributed by atoms with Crippen LogP contribution in [0.5, 0.6) is 0 Å². The minimum absolute atomic E-state index is 0.161. The summed E-state index contributed by atoms with van der Waals surface area (Å²) < 4.78 is 6.97. The van der Waals surface area contributed by atoms with E-state index in [1.807, 2.05) is 26.8 Å². The van der Waals surface area contributed by atoms with E-state index in [0.29, 0.717) is 5.69 Å². The van der Waals surface area contributed by atoms with Crippen molar-refractivity contribution in [2.24, 2.45) is 7.05 Å². The zero-order chi connectivity index (χ0) is 14.2. The van der Waals surface area contributed by atoms with E-state index in [4.69, 9.17) is 10.2 Å². The molecular formula is C13H18N4O2. The Morgan fingerprint density at radius 3 is 2.68 bits per heavy atom. The third-order valence-electron chi connectivity index (χ3n) is 2.97. The molecule has 0 aromatic carbocycles. The van der Waals surface area contributed by atoms with Gasteiger partial charge in [-0.2, -0.15) is 5.10 Å². The van der Waals surface area contributed by atoms with Gasteiger partial charge in [0.05, 0.1) is 11.7 Å². The Morgan fingerprint density at radius 2 is 2.21 bits per heavy atom. The molecule has 0 saturated carbocycles. The second-order valence-electron chi connectivity index (χ2n) is 4.67. The van der Waals surface area contributed by atoms with Gasteiger partial charge in [0.25, 0.3) is 5.91 Å². The van der Waals surface area contributed by atoms with Crippen molar-refractivity contribution in [2.45, 2.75) is 26.8 Å². The van der Waals surface area contributed by atoms with Crippen LogP contribution in [0, 0.1) is 13.8 Å². The number of carbonyl (C=O) groups is 1. The number of nitrogens with zero attached hydrogens (tertiary/aromatic N) is 2. The van der Waals surface area contributed by atoms with Crippen LogP contribution < -0.4 is 11.1 Å². The summed E-state index contributed by atoms with van der Waals surface area (Å²) >= 11 is 0. The fourth-order valence-electron chi connectivity index (χ4n) is 2.11. The van der Waals surface area contributed by atoms with Crippen LogP contribution in [0.1, 0.15) is 40.5 Å². The van der Waals surface area contributed by atoms with Gasteiger partial charge in [0, 0.05) is 18.8 Å². The third kappa shape index (κ3) is 2.62. The summed E-state index contributed by atoms with van der Waals surface area (Å²) in [5.41, 5.74) is 7.30. The van der Waals surface area contributed by atoms with Gasteiger partial charge in [0.15, 0.2) is 5.69 Å². The van der Waals surface area contributed by atoms with Gasteiger partial charge >= 0.3 is 0 Å². The Kier molecular flexibility index (Phi) is 3.33. The normalized spacial score (nSPS) is 12.4. The van der Waals surface area contributed by atoms with Gasteiger partial charge in [0.2, 0.25) is 0 Å². The molecule has 2 aromatic rings. The van der Waals surface area contributed by atoms with E-state index in [2.05, 4.69) is 10.4 Å². The highest BCUT2D eigenvalue weighted by atomic mass is 16.3. The first-order valence-corrected chi connectivity index (χ1v) is 6.05. The molecule has 1 atom stereocenters. The van der Waals surface area contributed by atoms with Crippen LogP contribution in [-0.4, -0.2) is 15.7 Å². The fraction of sp³-hybridized carbons (Fsp3) is 0.385. The lowest BCUT2D eigenvalue weighted by Gasteiger charge is -2.12. The fourth-order valence-corrected chi connectivity index (χ4v) is 2.11. The quantitative estimate of drug-likeness (QED) is 0.881. The molecule has 0 bridgehead atoms. The van der Waals surface area contributed by atoms with Gasteiger partial charge in [-0.3, -0.25) is 9.48 Å². The van der Waals surface area contributed by atoms with Gasteiger partial charge in [-0.1, -0.05) is 0 Å². The van der Waals surface area contributed by atoms with Crippen LogP contribution in [-0.2, 0) is 7.05 Å². The van der Waals surface area contributed by atoms with Gasteiger partial charge in [-0.15, -0.1) is 0 Å².